The van der Waals surface area contributed by atoms with E-state index in [-0.39, 0.29) is 17.9 Å². The van der Waals surface area contributed by atoms with Crippen LogP contribution >= 0.6 is 11.6 Å². The molecule has 0 aliphatic heterocycles. The van der Waals surface area contributed by atoms with Gasteiger partial charge in [-0.2, -0.15) is 0 Å². The van der Waals surface area contributed by atoms with Crippen LogP contribution in [0.2, 0.25) is 5.02 Å². The third-order valence-electron chi connectivity index (χ3n) is 2.40. The Kier molecular flexibility index (Phi) is 4.59. The lowest BCUT2D eigenvalue weighted by Crippen LogP contribution is -2.26. The predicted octanol–water partition coefficient (Wildman–Crippen LogP) is 1.52. The lowest BCUT2D eigenvalue weighted by atomic mass is 10.1. The van der Waals surface area contributed by atoms with E-state index < -0.39 is 15.8 Å². The average Bonchev–Trinajstić information content (AvgIpc) is 2.24. The molecule has 0 spiro atoms. The standard InChI is InChI=1S/C11H14ClNO4S/c1-13(5-6-18(2,16)17)10-4-3-8(12)7-9(10)11(14)15/h3-4,7H,5-6H2,1-2H3,(H,14,15). The number of hydrogen-bond acceptors (Lipinski definition) is 4. The first-order valence-electron chi connectivity index (χ1n) is 5.12. The summed E-state index contributed by atoms with van der Waals surface area (Å²) in [5.74, 6) is -1.13. The summed E-state index contributed by atoms with van der Waals surface area (Å²) >= 11 is 5.74. The van der Waals surface area contributed by atoms with Gasteiger partial charge in [-0.05, 0) is 18.2 Å². The van der Waals surface area contributed by atoms with E-state index in [4.69, 9.17) is 16.7 Å². The Morgan fingerprint density at radius 3 is 2.56 bits per heavy atom. The van der Waals surface area contributed by atoms with Gasteiger partial charge < -0.3 is 10.0 Å². The number of sulfone groups is 1. The van der Waals surface area contributed by atoms with E-state index >= 15 is 0 Å². The minimum atomic E-state index is -3.08. The van der Waals surface area contributed by atoms with Gasteiger partial charge in [0.1, 0.15) is 9.84 Å². The van der Waals surface area contributed by atoms with E-state index in [1.165, 1.54) is 6.07 Å². The fraction of sp³-hybridized carbons (Fsp3) is 0.364. The molecule has 0 unspecified atom stereocenters. The van der Waals surface area contributed by atoms with Crippen molar-refractivity contribution < 1.29 is 18.3 Å². The van der Waals surface area contributed by atoms with E-state index in [2.05, 4.69) is 0 Å². The van der Waals surface area contributed by atoms with Crippen molar-refractivity contribution >= 4 is 33.1 Å². The Morgan fingerprint density at radius 1 is 1.44 bits per heavy atom. The Labute approximate surface area is 111 Å². The minimum absolute atomic E-state index is 0.0365. The first kappa shape index (κ1) is 14.8. The Bertz CT molecular complexity index is 556. The van der Waals surface area contributed by atoms with Crippen molar-refractivity contribution in [1.82, 2.24) is 0 Å². The van der Waals surface area contributed by atoms with Gasteiger partial charge in [-0.1, -0.05) is 11.6 Å². The monoisotopic (exact) mass is 291 g/mol. The van der Waals surface area contributed by atoms with Gasteiger partial charge in [0.15, 0.2) is 0 Å². The quantitative estimate of drug-likeness (QED) is 0.890. The summed E-state index contributed by atoms with van der Waals surface area (Å²) in [4.78, 5) is 12.7. The number of carboxylic acid groups (broad SMARTS) is 1. The molecule has 0 radical (unpaired) electrons. The molecule has 1 rings (SSSR count). The third kappa shape index (κ3) is 4.19. The molecular weight excluding hydrogens is 278 g/mol. The van der Waals surface area contributed by atoms with Crippen molar-refractivity contribution in [1.29, 1.82) is 0 Å². The number of aromatic carboxylic acids is 1. The number of benzene rings is 1. The summed E-state index contributed by atoms with van der Waals surface area (Å²) in [6, 6.07) is 4.48. The van der Waals surface area contributed by atoms with Gasteiger partial charge >= 0.3 is 5.97 Å². The second-order valence-corrected chi connectivity index (χ2v) is 6.71. The lowest BCUT2D eigenvalue weighted by molar-refractivity contribution is 0.0697. The highest BCUT2D eigenvalue weighted by Gasteiger charge is 2.15. The van der Waals surface area contributed by atoms with Gasteiger partial charge in [0.05, 0.1) is 17.0 Å². The van der Waals surface area contributed by atoms with Crippen molar-refractivity contribution in [3.63, 3.8) is 0 Å². The summed E-state index contributed by atoms with van der Waals surface area (Å²) in [6.07, 6.45) is 1.14. The molecule has 1 aromatic carbocycles. The first-order valence-corrected chi connectivity index (χ1v) is 7.56. The number of hydrogen-bond donors (Lipinski definition) is 1. The van der Waals surface area contributed by atoms with Crippen LogP contribution in [0.15, 0.2) is 18.2 Å². The number of carbonyl (C=O) groups is 1. The molecule has 0 amide bonds. The number of carboxylic acids is 1. The van der Waals surface area contributed by atoms with Crippen molar-refractivity contribution in [2.45, 2.75) is 0 Å². The van der Waals surface area contributed by atoms with Crippen molar-refractivity contribution in [2.24, 2.45) is 0 Å². The molecule has 1 aromatic rings. The molecule has 100 valence electrons. The molecule has 0 fully saturated rings. The van der Waals surface area contributed by atoms with Crippen LogP contribution in [-0.2, 0) is 9.84 Å². The van der Waals surface area contributed by atoms with Crippen molar-refractivity contribution in [3.8, 4) is 0 Å². The highest BCUT2D eigenvalue weighted by molar-refractivity contribution is 7.90. The van der Waals surface area contributed by atoms with Gasteiger partial charge in [0, 0.05) is 24.9 Å². The molecule has 0 atom stereocenters. The lowest BCUT2D eigenvalue weighted by Gasteiger charge is -2.20. The largest absolute Gasteiger partial charge is 0.478 e. The molecule has 7 heteroatoms. The molecule has 18 heavy (non-hydrogen) atoms. The van der Waals surface area contributed by atoms with E-state index in [0.29, 0.717) is 10.7 Å². The molecule has 0 saturated carbocycles. The van der Waals surface area contributed by atoms with Crippen LogP contribution in [0.25, 0.3) is 0 Å². The zero-order valence-electron chi connectivity index (χ0n) is 10.1. The number of rotatable bonds is 5. The second-order valence-electron chi connectivity index (χ2n) is 4.02. The van der Waals surface area contributed by atoms with Crippen LogP contribution in [0.5, 0.6) is 0 Å². The van der Waals surface area contributed by atoms with Gasteiger partial charge in [-0.3, -0.25) is 0 Å². The van der Waals surface area contributed by atoms with Crippen LogP contribution in [0.1, 0.15) is 10.4 Å². The normalized spacial score (nSPS) is 11.3. The summed E-state index contributed by atoms with van der Waals surface area (Å²) in [6.45, 7) is 0.223. The van der Waals surface area contributed by atoms with Crippen LogP contribution in [-0.4, -0.2) is 45.1 Å². The fourth-order valence-corrected chi connectivity index (χ4v) is 2.21. The van der Waals surface area contributed by atoms with Gasteiger partial charge in [-0.25, -0.2) is 13.2 Å². The average molecular weight is 292 g/mol. The molecule has 5 nitrogen and oxygen atoms in total. The third-order valence-corrected chi connectivity index (χ3v) is 3.56. The summed E-state index contributed by atoms with van der Waals surface area (Å²) in [5.41, 5.74) is 0.494. The number of nitrogens with zero attached hydrogens (tertiary/aromatic N) is 1. The number of halogens is 1. The SMILES string of the molecule is CN(CCS(C)(=O)=O)c1ccc(Cl)cc1C(=O)O. The summed E-state index contributed by atoms with van der Waals surface area (Å²) < 4.78 is 22.2. The highest BCUT2D eigenvalue weighted by Crippen LogP contribution is 2.23. The van der Waals surface area contributed by atoms with Crippen molar-refractivity contribution in [3.05, 3.63) is 28.8 Å². The maximum Gasteiger partial charge on any atom is 0.337 e. The van der Waals surface area contributed by atoms with Crippen LogP contribution < -0.4 is 4.90 Å². The molecule has 1 N–H and O–H groups in total. The zero-order valence-corrected chi connectivity index (χ0v) is 11.6. The predicted molar refractivity (Wildman–Crippen MR) is 71.4 cm³/mol. The molecule has 0 aliphatic carbocycles. The minimum Gasteiger partial charge on any atom is -0.478 e. The Morgan fingerprint density at radius 2 is 2.06 bits per heavy atom. The molecule has 0 aliphatic rings. The number of anilines is 1. The molecule has 0 heterocycles. The van der Waals surface area contributed by atoms with Crippen LogP contribution in [0.4, 0.5) is 5.69 Å². The zero-order chi connectivity index (χ0) is 13.9. The van der Waals surface area contributed by atoms with E-state index in [9.17, 15) is 13.2 Å². The maximum atomic E-state index is 11.1. The molecule has 0 aromatic heterocycles. The molecule has 0 bridgehead atoms. The Balaban J connectivity index is 2.98. The maximum absolute atomic E-state index is 11.1. The smallest absolute Gasteiger partial charge is 0.337 e. The van der Waals surface area contributed by atoms with Crippen LogP contribution in [0.3, 0.4) is 0 Å². The van der Waals surface area contributed by atoms with Gasteiger partial charge in [0.25, 0.3) is 0 Å². The highest BCUT2D eigenvalue weighted by atomic mass is 35.5. The first-order chi connectivity index (χ1) is 8.20. The second kappa shape index (κ2) is 5.58. The van der Waals surface area contributed by atoms with Gasteiger partial charge in [0.2, 0.25) is 0 Å². The Hall–Kier alpha value is -1.27. The van der Waals surface area contributed by atoms with E-state index in [1.807, 2.05) is 0 Å². The fourth-order valence-electron chi connectivity index (χ4n) is 1.44. The topological polar surface area (TPSA) is 74.7 Å². The van der Waals surface area contributed by atoms with Crippen LogP contribution in [0, 0.1) is 0 Å². The summed E-state index contributed by atoms with van der Waals surface area (Å²) in [5, 5.41) is 9.39. The van der Waals surface area contributed by atoms with E-state index in [0.717, 1.165) is 6.26 Å². The molecular formula is C11H14ClNO4S. The van der Waals surface area contributed by atoms with Crippen molar-refractivity contribution in [2.75, 3.05) is 30.5 Å². The van der Waals surface area contributed by atoms with E-state index in [1.54, 1.807) is 24.1 Å². The molecule has 0 saturated heterocycles. The summed E-state index contributed by atoms with van der Waals surface area (Å²) in [7, 11) is -1.44. The van der Waals surface area contributed by atoms with Gasteiger partial charge in [-0.15, -0.1) is 0 Å².